The van der Waals surface area contributed by atoms with Crippen molar-refractivity contribution in [1.29, 1.82) is 0 Å². The van der Waals surface area contributed by atoms with E-state index in [4.69, 9.17) is 4.74 Å². The third kappa shape index (κ3) is 3.02. The average molecular weight is 384 g/mol. The van der Waals surface area contributed by atoms with Crippen molar-refractivity contribution in [3.05, 3.63) is 48.5 Å². The van der Waals surface area contributed by atoms with Gasteiger partial charge in [-0.1, -0.05) is 23.9 Å². The molecule has 0 radical (unpaired) electrons. The second-order valence-electron chi connectivity index (χ2n) is 6.25. The van der Waals surface area contributed by atoms with Gasteiger partial charge < -0.3 is 15.2 Å². The van der Waals surface area contributed by atoms with Crippen LogP contribution in [0.2, 0.25) is 0 Å². The molecule has 0 spiro atoms. The van der Waals surface area contributed by atoms with Crippen LogP contribution in [0.25, 0.3) is 0 Å². The Balaban J connectivity index is 1.44. The lowest BCUT2D eigenvalue weighted by molar-refractivity contribution is -0.149. The minimum Gasteiger partial charge on any atom is -0.508 e. The minimum atomic E-state index is -1.14. The standard InChI is InChI=1S/C19H16N2O5S/c22-13-7-5-12(6-8-13)20-16(23)11-26-18(25)19-10-9-17(24)21(19)14-3-1-2-4-15(14)27-19/h1-8,22H,9-11H2,(H,20,23). The lowest BCUT2D eigenvalue weighted by Gasteiger charge is -2.28. The number of anilines is 2. The first-order valence-electron chi connectivity index (χ1n) is 8.37. The monoisotopic (exact) mass is 384 g/mol. The number of benzene rings is 2. The number of fused-ring (bicyclic) bond motifs is 3. The fraction of sp³-hybridized carbons (Fsp3) is 0.211. The zero-order valence-corrected chi connectivity index (χ0v) is 15.0. The summed E-state index contributed by atoms with van der Waals surface area (Å²) in [6, 6.07) is 13.3. The average Bonchev–Trinajstić information content (AvgIpc) is 3.17. The van der Waals surface area contributed by atoms with E-state index in [1.807, 2.05) is 18.2 Å². The molecular weight excluding hydrogens is 368 g/mol. The number of para-hydroxylation sites is 1. The van der Waals surface area contributed by atoms with Crippen LogP contribution in [0.5, 0.6) is 5.75 Å². The quantitative estimate of drug-likeness (QED) is 0.621. The molecule has 2 aromatic rings. The van der Waals surface area contributed by atoms with E-state index in [1.165, 1.54) is 40.9 Å². The molecule has 1 fully saturated rings. The van der Waals surface area contributed by atoms with Gasteiger partial charge in [-0.05, 0) is 36.4 Å². The Kier molecular flexibility index (Phi) is 4.27. The summed E-state index contributed by atoms with van der Waals surface area (Å²) in [6.07, 6.45) is 0.597. The van der Waals surface area contributed by atoms with Crippen molar-refractivity contribution < 1.29 is 24.2 Å². The third-order valence-electron chi connectivity index (χ3n) is 4.48. The summed E-state index contributed by atoms with van der Waals surface area (Å²) in [5.74, 6) is -1.14. The van der Waals surface area contributed by atoms with E-state index in [9.17, 15) is 19.5 Å². The molecule has 2 aliphatic heterocycles. The lowest BCUT2D eigenvalue weighted by atomic mass is 10.2. The van der Waals surface area contributed by atoms with Crippen LogP contribution in [-0.4, -0.2) is 34.4 Å². The molecule has 0 saturated carbocycles. The van der Waals surface area contributed by atoms with E-state index in [-0.39, 0.29) is 18.1 Å². The van der Waals surface area contributed by atoms with Crippen LogP contribution >= 0.6 is 11.8 Å². The van der Waals surface area contributed by atoms with Crippen LogP contribution in [0.4, 0.5) is 11.4 Å². The number of carbonyl (C=O) groups excluding carboxylic acids is 3. The summed E-state index contributed by atoms with van der Waals surface area (Å²) >= 11 is 1.29. The van der Waals surface area contributed by atoms with Gasteiger partial charge in [-0.15, -0.1) is 0 Å². The van der Waals surface area contributed by atoms with Crippen molar-refractivity contribution in [3.63, 3.8) is 0 Å². The smallest absolute Gasteiger partial charge is 0.344 e. The van der Waals surface area contributed by atoms with Gasteiger partial charge >= 0.3 is 5.97 Å². The topological polar surface area (TPSA) is 95.9 Å². The van der Waals surface area contributed by atoms with E-state index >= 15 is 0 Å². The molecule has 2 amide bonds. The predicted octanol–water partition coefficient (Wildman–Crippen LogP) is 2.50. The number of carbonyl (C=O) groups is 3. The molecule has 1 unspecified atom stereocenters. The van der Waals surface area contributed by atoms with Crippen LogP contribution in [0.1, 0.15) is 12.8 Å². The fourth-order valence-electron chi connectivity index (χ4n) is 3.26. The minimum absolute atomic E-state index is 0.0855. The number of thioether (sulfide) groups is 1. The van der Waals surface area contributed by atoms with Crippen molar-refractivity contribution in [2.24, 2.45) is 0 Å². The highest BCUT2D eigenvalue weighted by Crippen LogP contribution is 2.56. The maximum atomic E-state index is 12.8. The van der Waals surface area contributed by atoms with Gasteiger partial charge in [0.25, 0.3) is 5.91 Å². The molecule has 2 heterocycles. The largest absolute Gasteiger partial charge is 0.508 e. The number of ether oxygens (including phenoxy) is 1. The highest BCUT2D eigenvalue weighted by Gasteiger charge is 2.58. The maximum Gasteiger partial charge on any atom is 0.344 e. The summed E-state index contributed by atoms with van der Waals surface area (Å²) in [7, 11) is 0. The Morgan fingerprint density at radius 1 is 1.19 bits per heavy atom. The fourth-order valence-corrected chi connectivity index (χ4v) is 4.67. The second-order valence-corrected chi connectivity index (χ2v) is 7.57. The van der Waals surface area contributed by atoms with Crippen molar-refractivity contribution in [2.75, 3.05) is 16.8 Å². The van der Waals surface area contributed by atoms with E-state index in [1.54, 1.807) is 6.07 Å². The maximum absolute atomic E-state index is 12.8. The van der Waals surface area contributed by atoms with E-state index in [2.05, 4.69) is 5.32 Å². The molecule has 1 saturated heterocycles. The first-order chi connectivity index (χ1) is 13.0. The molecule has 8 heteroatoms. The van der Waals surface area contributed by atoms with Gasteiger partial charge in [-0.25, -0.2) is 4.79 Å². The Morgan fingerprint density at radius 2 is 1.93 bits per heavy atom. The number of nitrogens with one attached hydrogen (secondary N) is 1. The summed E-state index contributed by atoms with van der Waals surface area (Å²) in [4.78, 5) is 38.4. The summed E-state index contributed by atoms with van der Waals surface area (Å²) < 4.78 is 5.25. The molecule has 27 heavy (non-hydrogen) atoms. The third-order valence-corrected chi connectivity index (χ3v) is 5.93. The van der Waals surface area contributed by atoms with Crippen LogP contribution in [-0.2, 0) is 19.1 Å². The summed E-state index contributed by atoms with van der Waals surface area (Å²) in [5.41, 5.74) is 1.18. The van der Waals surface area contributed by atoms with Gasteiger partial charge in [0.15, 0.2) is 11.5 Å². The normalized spacial score (nSPS) is 20.1. The number of hydrogen-bond donors (Lipinski definition) is 2. The SMILES string of the molecule is O=C(COC(=O)C12CCC(=O)N1c1ccccc1S2)Nc1ccc(O)cc1. The second kappa shape index (κ2) is 6.62. The van der Waals surface area contributed by atoms with Crippen LogP contribution < -0.4 is 10.2 Å². The molecule has 7 nitrogen and oxygen atoms in total. The van der Waals surface area contributed by atoms with Crippen LogP contribution in [0.3, 0.4) is 0 Å². The van der Waals surface area contributed by atoms with Crippen molar-refractivity contribution >= 4 is 40.9 Å². The van der Waals surface area contributed by atoms with E-state index in [0.29, 0.717) is 17.8 Å². The zero-order valence-electron chi connectivity index (χ0n) is 14.2. The number of nitrogens with zero attached hydrogens (tertiary/aromatic N) is 1. The van der Waals surface area contributed by atoms with E-state index < -0.39 is 23.4 Å². The number of phenols is 1. The number of esters is 1. The lowest BCUT2D eigenvalue weighted by Crippen LogP contribution is -2.48. The van der Waals surface area contributed by atoms with Crippen LogP contribution in [0, 0.1) is 0 Å². The Bertz CT molecular complexity index is 930. The van der Waals surface area contributed by atoms with E-state index in [0.717, 1.165) is 4.90 Å². The van der Waals surface area contributed by atoms with Crippen molar-refractivity contribution in [3.8, 4) is 5.75 Å². The molecule has 0 aliphatic carbocycles. The number of phenolic OH excluding ortho intramolecular Hbond substituents is 1. The highest BCUT2D eigenvalue weighted by atomic mass is 32.2. The van der Waals surface area contributed by atoms with Gasteiger partial charge in [0, 0.05) is 23.4 Å². The molecule has 4 rings (SSSR count). The summed E-state index contributed by atoms with van der Waals surface area (Å²) in [6.45, 7) is -0.458. The highest BCUT2D eigenvalue weighted by molar-refractivity contribution is 8.02. The Morgan fingerprint density at radius 3 is 2.70 bits per heavy atom. The number of rotatable bonds is 4. The molecule has 1 atom stereocenters. The molecule has 0 bridgehead atoms. The number of amides is 2. The van der Waals surface area contributed by atoms with Gasteiger partial charge in [0.2, 0.25) is 5.91 Å². The van der Waals surface area contributed by atoms with Gasteiger partial charge in [0.05, 0.1) is 5.69 Å². The molecule has 2 aliphatic rings. The van der Waals surface area contributed by atoms with Crippen molar-refractivity contribution in [1.82, 2.24) is 0 Å². The zero-order chi connectivity index (χ0) is 19.0. The molecule has 138 valence electrons. The van der Waals surface area contributed by atoms with Gasteiger partial charge in [-0.2, -0.15) is 0 Å². The van der Waals surface area contributed by atoms with Crippen LogP contribution in [0.15, 0.2) is 53.4 Å². The van der Waals surface area contributed by atoms with Gasteiger partial charge in [-0.3, -0.25) is 14.5 Å². The Hall–Kier alpha value is -3.00. The van der Waals surface area contributed by atoms with Crippen molar-refractivity contribution in [2.45, 2.75) is 22.6 Å². The molecule has 2 aromatic carbocycles. The number of aromatic hydroxyl groups is 1. The molecule has 0 aromatic heterocycles. The number of hydrogen-bond acceptors (Lipinski definition) is 6. The molecule has 2 N–H and O–H groups in total. The molecular formula is C19H16N2O5S. The predicted molar refractivity (Wildman–Crippen MR) is 99.4 cm³/mol. The summed E-state index contributed by atoms with van der Waals surface area (Å²) in [5, 5.41) is 11.8. The first-order valence-corrected chi connectivity index (χ1v) is 9.18. The Labute approximate surface area is 159 Å². The first kappa shape index (κ1) is 17.4. The van der Waals surface area contributed by atoms with Gasteiger partial charge in [0.1, 0.15) is 5.75 Å².